The quantitative estimate of drug-likeness (QED) is 0.766. The molecule has 21 heavy (non-hydrogen) atoms. The summed E-state index contributed by atoms with van der Waals surface area (Å²) in [6, 6.07) is 5.33. The Bertz CT molecular complexity index is 664. The fourth-order valence-electron chi connectivity index (χ4n) is 2.53. The number of carbonyl (C=O) groups excluding carboxylic acids is 1. The van der Waals surface area contributed by atoms with E-state index < -0.39 is 11.7 Å². The molecule has 0 N–H and O–H groups in total. The highest BCUT2D eigenvalue weighted by molar-refractivity contribution is 7.08. The predicted molar refractivity (Wildman–Crippen MR) is 75.8 cm³/mol. The molecule has 1 aliphatic heterocycles. The van der Waals surface area contributed by atoms with Crippen molar-refractivity contribution in [2.75, 3.05) is 11.4 Å². The largest absolute Gasteiger partial charge is 0.416 e. The number of thiophene rings is 1. The molecular weight excluding hydrogens is 299 g/mol. The zero-order valence-corrected chi connectivity index (χ0v) is 11.8. The van der Waals surface area contributed by atoms with E-state index in [0.717, 1.165) is 12.1 Å². The molecule has 0 unspecified atom stereocenters. The predicted octanol–water partition coefficient (Wildman–Crippen LogP) is 4.36. The average Bonchev–Trinajstić information content (AvgIpc) is 2.98. The number of halogens is 3. The molecule has 0 atom stereocenters. The lowest BCUT2D eigenvalue weighted by atomic mass is 9.98. The summed E-state index contributed by atoms with van der Waals surface area (Å²) in [5, 5.41) is 3.56. The lowest BCUT2D eigenvalue weighted by molar-refractivity contribution is -0.137. The van der Waals surface area contributed by atoms with Gasteiger partial charge in [0.05, 0.1) is 11.1 Å². The van der Waals surface area contributed by atoms with Gasteiger partial charge < -0.3 is 4.90 Å². The lowest BCUT2D eigenvalue weighted by Crippen LogP contribution is -2.35. The molecular formula is C15H12F3NOS. The number of nitrogens with zero attached hydrogens (tertiary/aromatic N) is 1. The Morgan fingerprint density at radius 2 is 2.05 bits per heavy atom. The molecule has 0 saturated heterocycles. The van der Waals surface area contributed by atoms with Gasteiger partial charge in [-0.05, 0) is 48.1 Å². The first-order chi connectivity index (χ1) is 9.97. The van der Waals surface area contributed by atoms with Crippen LogP contribution in [0.5, 0.6) is 0 Å². The van der Waals surface area contributed by atoms with Gasteiger partial charge in [-0.3, -0.25) is 4.79 Å². The van der Waals surface area contributed by atoms with Gasteiger partial charge in [0.15, 0.2) is 0 Å². The van der Waals surface area contributed by atoms with Crippen LogP contribution in [0.4, 0.5) is 18.9 Å². The van der Waals surface area contributed by atoms with E-state index in [2.05, 4.69) is 0 Å². The first kappa shape index (κ1) is 14.1. The van der Waals surface area contributed by atoms with Gasteiger partial charge in [0.25, 0.3) is 5.91 Å². The minimum atomic E-state index is -4.35. The Balaban J connectivity index is 1.97. The number of aryl methyl sites for hydroxylation is 1. The second kappa shape index (κ2) is 5.18. The van der Waals surface area contributed by atoms with E-state index in [4.69, 9.17) is 0 Å². The molecule has 0 radical (unpaired) electrons. The summed E-state index contributed by atoms with van der Waals surface area (Å²) in [6.07, 6.45) is -3.12. The molecule has 0 fully saturated rings. The van der Waals surface area contributed by atoms with Crippen LogP contribution in [0.25, 0.3) is 0 Å². The van der Waals surface area contributed by atoms with Crippen molar-refractivity contribution in [3.05, 3.63) is 51.7 Å². The normalized spacial score (nSPS) is 14.9. The molecule has 0 saturated carbocycles. The van der Waals surface area contributed by atoms with Crippen molar-refractivity contribution < 1.29 is 18.0 Å². The third-order valence-corrected chi connectivity index (χ3v) is 4.22. The van der Waals surface area contributed by atoms with Crippen LogP contribution in [0, 0.1) is 0 Å². The minimum Gasteiger partial charge on any atom is -0.308 e. The van der Waals surface area contributed by atoms with Crippen LogP contribution in [0.15, 0.2) is 35.0 Å². The molecule has 0 bridgehead atoms. The number of hydrogen-bond acceptors (Lipinski definition) is 2. The van der Waals surface area contributed by atoms with Gasteiger partial charge in [0.1, 0.15) is 0 Å². The molecule has 1 aromatic carbocycles. The second-order valence-electron chi connectivity index (χ2n) is 4.91. The summed E-state index contributed by atoms with van der Waals surface area (Å²) in [5.74, 6) is -0.156. The first-order valence-corrected chi connectivity index (χ1v) is 7.45. The van der Waals surface area contributed by atoms with E-state index in [9.17, 15) is 18.0 Å². The van der Waals surface area contributed by atoms with Crippen LogP contribution >= 0.6 is 11.3 Å². The molecule has 1 aliphatic rings. The monoisotopic (exact) mass is 311 g/mol. The van der Waals surface area contributed by atoms with Crippen molar-refractivity contribution in [2.45, 2.75) is 19.0 Å². The standard InChI is InChI=1S/C15H12F3NOS/c16-15(17,18)12-3-4-13-10(8-12)2-1-6-19(13)14(20)11-5-7-21-9-11/h3-5,7-9H,1-2,6H2. The van der Waals surface area contributed by atoms with Crippen LogP contribution in [-0.2, 0) is 12.6 Å². The molecule has 2 nitrogen and oxygen atoms in total. The lowest BCUT2D eigenvalue weighted by Gasteiger charge is -2.30. The number of carbonyl (C=O) groups is 1. The summed E-state index contributed by atoms with van der Waals surface area (Å²) < 4.78 is 38.3. The van der Waals surface area contributed by atoms with E-state index in [1.165, 1.54) is 17.4 Å². The molecule has 1 aromatic heterocycles. The number of hydrogen-bond donors (Lipinski definition) is 0. The zero-order chi connectivity index (χ0) is 15.0. The van der Waals surface area contributed by atoms with Crippen LogP contribution in [0.2, 0.25) is 0 Å². The zero-order valence-electron chi connectivity index (χ0n) is 11.0. The van der Waals surface area contributed by atoms with Gasteiger partial charge in [-0.25, -0.2) is 0 Å². The fraction of sp³-hybridized carbons (Fsp3) is 0.267. The number of alkyl halides is 3. The summed E-state index contributed by atoms with van der Waals surface area (Å²) in [6.45, 7) is 0.535. The van der Waals surface area contributed by atoms with Crippen molar-refractivity contribution in [3.63, 3.8) is 0 Å². The van der Waals surface area contributed by atoms with E-state index in [1.54, 1.807) is 16.3 Å². The van der Waals surface area contributed by atoms with Crippen LogP contribution in [0.3, 0.4) is 0 Å². The maximum Gasteiger partial charge on any atom is 0.416 e. The van der Waals surface area contributed by atoms with Gasteiger partial charge in [-0.1, -0.05) is 0 Å². The number of benzene rings is 1. The SMILES string of the molecule is O=C(c1ccsc1)N1CCCc2cc(C(F)(F)F)ccc21. The third kappa shape index (κ3) is 2.68. The molecule has 1 amide bonds. The number of fused-ring (bicyclic) bond motifs is 1. The van der Waals surface area contributed by atoms with Crippen molar-refractivity contribution in [1.29, 1.82) is 0 Å². The summed E-state index contributed by atoms with van der Waals surface area (Å²) in [4.78, 5) is 14.0. The Kier molecular flexibility index (Phi) is 3.49. The van der Waals surface area contributed by atoms with Gasteiger partial charge in [0, 0.05) is 17.6 Å². The highest BCUT2D eigenvalue weighted by Crippen LogP contribution is 2.35. The first-order valence-electron chi connectivity index (χ1n) is 6.51. The third-order valence-electron chi connectivity index (χ3n) is 3.54. The maximum absolute atomic E-state index is 12.8. The van der Waals surface area contributed by atoms with E-state index in [-0.39, 0.29) is 5.91 Å². The van der Waals surface area contributed by atoms with Gasteiger partial charge >= 0.3 is 6.18 Å². The Morgan fingerprint density at radius 1 is 1.24 bits per heavy atom. The summed E-state index contributed by atoms with van der Waals surface area (Å²) in [7, 11) is 0. The van der Waals surface area contributed by atoms with Gasteiger partial charge in [-0.2, -0.15) is 24.5 Å². The Morgan fingerprint density at radius 3 is 2.71 bits per heavy atom. The number of anilines is 1. The Hall–Kier alpha value is -1.82. The van der Waals surface area contributed by atoms with E-state index in [0.29, 0.717) is 36.2 Å². The van der Waals surface area contributed by atoms with Crippen LogP contribution < -0.4 is 4.90 Å². The van der Waals surface area contributed by atoms with Crippen molar-refractivity contribution in [2.24, 2.45) is 0 Å². The van der Waals surface area contributed by atoms with Crippen LogP contribution in [-0.4, -0.2) is 12.5 Å². The molecule has 0 aliphatic carbocycles. The fourth-order valence-corrected chi connectivity index (χ4v) is 3.16. The molecule has 110 valence electrons. The molecule has 2 heterocycles. The highest BCUT2D eigenvalue weighted by atomic mass is 32.1. The summed E-state index contributed by atoms with van der Waals surface area (Å²) in [5.41, 5.74) is 1.09. The molecule has 6 heteroatoms. The number of rotatable bonds is 1. The topological polar surface area (TPSA) is 20.3 Å². The number of amides is 1. The molecule has 0 spiro atoms. The minimum absolute atomic E-state index is 0.156. The van der Waals surface area contributed by atoms with Crippen molar-refractivity contribution in [3.8, 4) is 0 Å². The maximum atomic E-state index is 12.8. The van der Waals surface area contributed by atoms with E-state index in [1.807, 2.05) is 5.38 Å². The Labute approximate surface area is 123 Å². The highest BCUT2D eigenvalue weighted by Gasteiger charge is 2.32. The second-order valence-corrected chi connectivity index (χ2v) is 5.69. The smallest absolute Gasteiger partial charge is 0.308 e. The van der Waals surface area contributed by atoms with Crippen molar-refractivity contribution in [1.82, 2.24) is 0 Å². The average molecular weight is 311 g/mol. The van der Waals surface area contributed by atoms with Crippen LogP contribution in [0.1, 0.15) is 27.9 Å². The molecule has 3 rings (SSSR count). The van der Waals surface area contributed by atoms with Gasteiger partial charge in [0.2, 0.25) is 0 Å². The van der Waals surface area contributed by atoms with E-state index >= 15 is 0 Å². The summed E-state index contributed by atoms with van der Waals surface area (Å²) >= 11 is 1.42. The van der Waals surface area contributed by atoms with Crippen molar-refractivity contribution >= 4 is 22.9 Å². The van der Waals surface area contributed by atoms with Gasteiger partial charge in [-0.15, -0.1) is 0 Å². The molecule has 2 aromatic rings.